The first-order valence-electron chi connectivity index (χ1n) is 7.23. The first kappa shape index (κ1) is 15.1. The highest BCUT2D eigenvalue weighted by Gasteiger charge is 2.13. The summed E-state index contributed by atoms with van der Waals surface area (Å²) in [7, 11) is 0. The molecule has 1 atom stereocenters. The van der Waals surface area contributed by atoms with Crippen molar-refractivity contribution in [3.63, 3.8) is 0 Å². The first-order chi connectivity index (χ1) is 9.63. The van der Waals surface area contributed by atoms with Crippen molar-refractivity contribution >= 4 is 11.6 Å². The maximum absolute atomic E-state index is 6.20. The van der Waals surface area contributed by atoms with E-state index in [2.05, 4.69) is 62.5 Å². The quantitative estimate of drug-likeness (QED) is 0.824. The molecule has 0 aliphatic heterocycles. The molecule has 0 radical (unpaired) electrons. The molecule has 106 valence electrons. The Labute approximate surface area is 127 Å². The molecule has 2 heteroatoms. The van der Waals surface area contributed by atoms with E-state index in [4.69, 9.17) is 11.6 Å². The van der Waals surface area contributed by atoms with Gasteiger partial charge in [-0.15, -0.1) is 0 Å². The third-order valence-electron chi connectivity index (χ3n) is 3.53. The zero-order valence-corrected chi connectivity index (χ0v) is 13.2. The lowest BCUT2D eigenvalue weighted by Crippen LogP contribution is -2.22. The largest absolute Gasteiger partial charge is 0.307 e. The summed E-state index contributed by atoms with van der Waals surface area (Å²) in [5, 5.41) is 4.35. The van der Waals surface area contributed by atoms with Gasteiger partial charge in [-0.05, 0) is 54.3 Å². The van der Waals surface area contributed by atoms with Gasteiger partial charge in [0.15, 0.2) is 0 Å². The molecular formula is C18H22ClN. The standard InChI is InChI=1S/C18H22ClN/c1-4-14-6-8-15(9-7-14)18(20-5-2)16-10-13(3)11-17(19)12-16/h6-12,18,20H,4-5H2,1-3H3. The molecule has 0 heterocycles. The number of rotatable bonds is 5. The molecule has 0 spiro atoms. The van der Waals surface area contributed by atoms with Gasteiger partial charge in [0.1, 0.15) is 0 Å². The Morgan fingerprint density at radius 2 is 1.70 bits per heavy atom. The monoisotopic (exact) mass is 287 g/mol. The molecule has 0 aliphatic carbocycles. The van der Waals surface area contributed by atoms with Crippen LogP contribution < -0.4 is 5.32 Å². The van der Waals surface area contributed by atoms with Crippen molar-refractivity contribution in [1.29, 1.82) is 0 Å². The van der Waals surface area contributed by atoms with Crippen molar-refractivity contribution in [2.45, 2.75) is 33.2 Å². The molecule has 2 aromatic carbocycles. The van der Waals surface area contributed by atoms with Crippen LogP contribution in [0, 0.1) is 6.92 Å². The van der Waals surface area contributed by atoms with Gasteiger partial charge >= 0.3 is 0 Å². The fourth-order valence-corrected chi connectivity index (χ4v) is 2.81. The lowest BCUT2D eigenvalue weighted by atomic mass is 9.96. The summed E-state index contributed by atoms with van der Waals surface area (Å²) in [5.74, 6) is 0. The van der Waals surface area contributed by atoms with Crippen LogP contribution in [0.2, 0.25) is 5.02 Å². The Balaban J connectivity index is 2.38. The molecule has 2 rings (SSSR count). The Morgan fingerprint density at radius 3 is 2.25 bits per heavy atom. The first-order valence-corrected chi connectivity index (χ1v) is 7.61. The minimum absolute atomic E-state index is 0.198. The lowest BCUT2D eigenvalue weighted by molar-refractivity contribution is 0.630. The van der Waals surface area contributed by atoms with Crippen LogP contribution in [0.5, 0.6) is 0 Å². The van der Waals surface area contributed by atoms with Gasteiger partial charge in [-0.1, -0.05) is 55.8 Å². The Kier molecular flexibility index (Phi) is 5.22. The van der Waals surface area contributed by atoms with Crippen molar-refractivity contribution in [3.05, 3.63) is 69.7 Å². The maximum atomic E-state index is 6.20. The van der Waals surface area contributed by atoms with Crippen LogP contribution >= 0.6 is 11.6 Å². The summed E-state index contributed by atoms with van der Waals surface area (Å²) in [6.45, 7) is 7.31. The van der Waals surface area contributed by atoms with Crippen molar-refractivity contribution in [3.8, 4) is 0 Å². The highest BCUT2D eigenvalue weighted by Crippen LogP contribution is 2.26. The number of hydrogen-bond acceptors (Lipinski definition) is 1. The van der Waals surface area contributed by atoms with Crippen molar-refractivity contribution in [2.75, 3.05) is 6.54 Å². The number of nitrogens with one attached hydrogen (secondary N) is 1. The molecule has 1 nitrogen and oxygen atoms in total. The number of benzene rings is 2. The minimum Gasteiger partial charge on any atom is -0.307 e. The van der Waals surface area contributed by atoms with Crippen LogP contribution in [-0.4, -0.2) is 6.54 Å². The molecule has 0 saturated heterocycles. The van der Waals surface area contributed by atoms with Crippen molar-refractivity contribution < 1.29 is 0 Å². The molecule has 0 aliphatic rings. The molecule has 1 N–H and O–H groups in total. The number of aryl methyl sites for hydroxylation is 2. The Hall–Kier alpha value is -1.31. The van der Waals surface area contributed by atoms with E-state index in [9.17, 15) is 0 Å². The van der Waals surface area contributed by atoms with Gasteiger partial charge in [-0.3, -0.25) is 0 Å². The van der Waals surface area contributed by atoms with E-state index in [-0.39, 0.29) is 6.04 Å². The second-order valence-corrected chi connectivity index (χ2v) is 5.58. The summed E-state index contributed by atoms with van der Waals surface area (Å²) in [6.07, 6.45) is 1.07. The van der Waals surface area contributed by atoms with Gasteiger partial charge in [0.25, 0.3) is 0 Å². The summed E-state index contributed by atoms with van der Waals surface area (Å²) in [4.78, 5) is 0. The minimum atomic E-state index is 0.198. The highest BCUT2D eigenvalue weighted by atomic mass is 35.5. The van der Waals surface area contributed by atoms with E-state index in [1.54, 1.807) is 0 Å². The van der Waals surface area contributed by atoms with Crippen LogP contribution in [0.1, 0.15) is 42.1 Å². The second-order valence-electron chi connectivity index (χ2n) is 5.15. The normalized spacial score (nSPS) is 12.4. The van der Waals surface area contributed by atoms with Crippen LogP contribution in [0.25, 0.3) is 0 Å². The van der Waals surface area contributed by atoms with Crippen LogP contribution in [-0.2, 0) is 6.42 Å². The van der Waals surface area contributed by atoms with E-state index in [1.807, 2.05) is 6.07 Å². The molecule has 0 bridgehead atoms. The number of halogens is 1. The third-order valence-corrected chi connectivity index (χ3v) is 3.75. The summed E-state index contributed by atoms with van der Waals surface area (Å²) in [6, 6.07) is 15.3. The SMILES string of the molecule is CCNC(c1ccc(CC)cc1)c1cc(C)cc(Cl)c1. The third kappa shape index (κ3) is 3.62. The van der Waals surface area contributed by atoms with Crippen molar-refractivity contribution in [1.82, 2.24) is 5.32 Å². The Morgan fingerprint density at radius 1 is 1.00 bits per heavy atom. The average Bonchev–Trinajstić information content (AvgIpc) is 2.44. The van der Waals surface area contributed by atoms with Gasteiger partial charge < -0.3 is 5.32 Å². The fourth-order valence-electron chi connectivity index (χ4n) is 2.51. The maximum Gasteiger partial charge on any atom is 0.0577 e. The smallest absolute Gasteiger partial charge is 0.0577 e. The van der Waals surface area contributed by atoms with Gasteiger partial charge in [-0.2, -0.15) is 0 Å². The van der Waals surface area contributed by atoms with Crippen LogP contribution in [0.15, 0.2) is 42.5 Å². The average molecular weight is 288 g/mol. The zero-order chi connectivity index (χ0) is 14.5. The highest BCUT2D eigenvalue weighted by molar-refractivity contribution is 6.30. The second kappa shape index (κ2) is 6.92. The molecular weight excluding hydrogens is 266 g/mol. The molecule has 0 fully saturated rings. The fraction of sp³-hybridized carbons (Fsp3) is 0.333. The predicted molar refractivity (Wildman–Crippen MR) is 87.5 cm³/mol. The van der Waals surface area contributed by atoms with Gasteiger partial charge in [0.05, 0.1) is 6.04 Å². The van der Waals surface area contributed by atoms with Gasteiger partial charge in [0.2, 0.25) is 0 Å². The van der Waals surface area contributed by atoms with Crippen LogP contribution in [0.4, 0.5) is 0 Å². The molecule has 0 saturated carbocycles. The van der Waals surface area contributed by atoms with Gasteiger partial charge in [-0.25, -0.2) is 0 Å². The van der Waals surface area contributed by atoms with E-state index < -0.39 is 0 Å². The van der Waals surface area contributed by atoms with E-state index >= 15 is 0 Å². The topological polar surface area (TPSA) is 12.0 Å². The van der Waals surface area contributed by atoms with Crippen LogP contribution in [0.3, 0.4) is 0 Å². The van der Waals surface area contributed by atoms with Crippen molar-refractivity contribution in [2.24, 2.45) is 0 Å². The molecule has 20 heavy (non-hydrogen) atoms. The van der Waals surface area contributed by atoms with E-state index in [0.717, 1.165) is 18.0 Å². The summed E-state index contributed by atoms with van der Waals surface area (Å²) in [5.41, 5.74) is 5.07. The predicted octanol–water partition coefficient (Wildman–Crippen LogP) is 4.91. The van der Waals surface area contributed by atoms with E-state index in [1.165, 1.54) is 22.3 Å². The number of hydrogen-bond donors (Lipinski definition) is 1. The summed E-state index contributed by atoms with van der Waals surface area (Å²) < 4.78 is 0. The van der Waals surface area contributed by atoms with Gasteiger partial charge in [0, 0.05) is 5.02 Å². The molecule has 1 unspecified atom stereocenters. The molecule has 2 aromatic rings. The zero-order valence-electron chi connectivity index (χ0n) is 12.4. The van der Waals surface area contributed by atoms with E-state index in [0.29, 0.717) is 0 Å². The lowest BCUT2D eigenvalue weighted by Gasteiger charge is -2.20. The Bertz CT molecular complexity index is 540. The molecule has 0 amide bonds. The molecule has 0 aromatic heterocycles. The summed E-state index contributed by atoms with van der Waals surface area (Å²) >= 11 is 6.20.